The molecule has 0 amide bonds. The van der Waals surface area contributed by atoms with Crippen molar-refractivity contribution in [3.8, 4) is 45.6 Å². The molecule has 0 radical (unpaired) electrons. The zero-order valence-electron chi connectivity index (χ0n) is 38.4. The topological polar surface area (TPSA) is 57.3 Å². The lowest BCUT2D eigenvalue weighted by atomic mass is 9.86. The molecule has 2 aromatic heterocycles. The third kappa shape index (κ3) is 6.92. The normalized spacial score (nSPS) is 13.5. The van der Waals surface area contributed by atoms with Crippen LogP contribution in [0.1, 0.15) is 52.7 Å². The standard InChI is InChI=1S/C56H47N5O/c1-36-26-37(2)28-44(27-36)60-35-59(50-17-7-8-18-51(50)60)43-14-10-15-45(31-43)62-46-24-25-48-53(32-46)61(52-19-11-16-47(55(48)52)41-13-9-12-39(30-41)33-57)54-29-38(3)49(34-58-54)40-20-22-42(23-21-40)56(4,5)6/h7-32,34H,35H2,1-6H3/i3D3. The number of hydrogen-bond acceptors (Lipinski definition) is 5. The molecule has 7 aromatic carbocycles. The van der Waals surface area contributed by atoms with Crippen molar-refractivity contribution in [3.63, 3.8) is 0 Å². The summed E-state index contributed by atoms with van der Waals surface area (Å²) in [7, 11) is 0. The van der Waals surface area contributed by atoms with Crippen molar-refractivity contribution < 1.29 is 8.85 Å². The van der Waals surface area contributed by atoms with E-state index in [4.69, 9.17) is 13.8 Å². The summed E-state index contributed by atoms with van der Waals surface area (Å²) in [6, 6.07) is 55.1. The summed E-state index contributed by atoms with van der Waals surface area (Å²) < 4.78 is 35.0. The number of fused-ring (bicyclic) bond motifs is 4. The van der Waals surface area contributed by atoms with Crippen molar-refractivity contribution in [2.45, 2.75) is 46.9 Å². The SMILES string of the molecule is [2H]C([2H])([2H])c1cc(-n2c3cc(Oc4cccc(N5CN(c6cc(C)cc(C)c6)c6ccccc65)c4)ccc3c3c(-c4cccc(C#N)c4)cccc32)ncc1-c1ccc(C(C)(C)C)cc1. The maximum Gasteiger partial charge on any atom is 0.137 e. The molecule has 62 heavy (non-hydrogen) atoms. The van der Waals surface area contributed by atoms with E-state index in [0.717, 1.165) is 66.8 Å². The fourth-order valence-corrected chi connectivity index (χ4v) is 8.91. The minimum absolute atomic E-state index is 0.0482. The highest BCUT2D eigenvalue weighted by molar-refractivity contribution is 6.16. The predicted octanol–water partition coefficient (Wildman–Crippen LogP) is 14.6. The summed E-state index contributed by atoms with van der Waals surface area (Å²) in [4.78, 5) is 9.67. The van der Waals surface area contributed by atoms with E-state index in [0.29, 0.717) is 35.1 Å². The molecule has 0 atom stereocenters. The Balaban J connectivity index is 1.09. The van der Waals surface area contributed by atoms with Gasteiger partial charge >= 0.3 is 0 Å². The maximum atomic E-state index is 9.82. The Labute approximate surface area is 367 Å². The highest BCUT2D eigenvalue weighted by atomic mass is 16.5. The number of nitriles is 1. The van der Waals surface area contributed by atoms with Gasteiger partial charge in [0, 0.05) is 50.2 Å². The first-order valence-corrected chi connectivity index (χ1v) is 20.9. The lowest BCUT2D eigenvalue weighted by Gasteiger charge is -2.23. The van der Waals surface area contributed by atoms with Crippen LogP contribution in [0.2, 0.25) is 0 Å². The molecule has 1 aliphatic heterocycles. The highest BCUT2D eigenvalue weighted by Crippen LogP contribution is 2.46. The highest BCUT2D eigenvalue weighted by Gasteiger charge is 2.28. The summed E-state index contributed by atoms with van der Waals surface area (Å²) >= 11 is 0. The second-order valence-corrected chi connectivity index (χ2v) is 17.3. The average Bonchev–Trinajstić information content (AvgIpc) is 3.84. The van der Waals surface area contributed by atoms with Crippen LogP contribution in [0.25, 0.3) is 49.9 Å². The Morgan fingerprint density at radius 3 is 2.11 bits per heavy atom. The van der Waals surface area contributed by atoms with E-state index in [2.05, 4.69) is 129 Å². The van der Waals surface area contributed by atoms with Gasteiger partial charge in [0.05, 0.1) is 34.0 Å². The van der Waals surface area contributed by atoms with E-state index in [1.807, 2.05) is 71.3 Å². The van der Waals surface area contributed by atoms with Crippen LogP contribution in [0.4, 0.5) is 22.7 Å². The molecular weight excluding hydrogens is 759 g/mol. The molecule has 0 saturated carbocycles. The van der Waals surface area contributed by atoms with Crippen molar-refractivity contribution in [1.29, 1.82) is 5.26 Å². The predicted molar refractivity (Wildman–Crippen MR) is 256 cm³/mol. The first-order chi connectivity index (χ1) is 31.2. The molecule has 6 heteroatoms. The van der Waals surface area contributed by atoms with Gasteiger partial charge in [-0.25, -0.2) is 4.98 Å². The third-order valence-electron chi connectivity index (χ3n) is 11.9. The second-order valence-electron chi connectivity index (χ2n) is 17.3. The van der Waals surface area contributed by atoms with Gasteiger partial charge in [0.2, 0.25) is 0 Å². The summed E-state index contributed by atoms with van der Waals surface area (Å²) in [6.45, 7) is 8.96. The first-order valence-electron chi connectivity index (χ1n) is 22.4. The molecular formula is C56H47N5O. The lowest BCUT2D eigenvalue weighted by Crippen LogP contribution is -2.24. The number of para-hydroxylation sites is 2. The fraction of sp³-hybridized carbons (Fsp3) is 0.143. The molecule has 0 bridgehead atoms. The van der Waals surface area contributed by atoms with Gasteiger partial charge < -0.3 is 14.5 Å². The molecule has 0 aliphatic carbocycles. The monoisotopic (exact) mass is 808 g/mol. The van der Waals surface area contributed by atoms with E-state index in [1.54, 1.807) is 18.3 Å². The number of hydrogen-bond donors (Lipinski definition) is 0. The average molecular weight is 809 g/mol. The van der Waals surface area contributed by atoms with Gasteiger partial charge in [-0.3, -0.25) is 4.57 Å². The molecule has 9 aromatic rings. The molecule has 0 unspecified atom stereocenters. The van der Waals surface area contributed by atoms with Crippen molar-refractivity contribution in [2.75, 3.05) is 16.5 Å². The summed E-state index contributed by atoms with van der Waals surface area (Å²) in [5.41, 5.74) is 13.6. The zero-order valence-corrected chi connectivity index (χ0v) is 35.4. The van der Waals surface area contributed by atoms with Crippen LogP contribution in [0.5, 0.6) is 11.5 Å². The van der Waals surface area contributed by atoms with E-state index in [9.17, 15) is 5.26 Å². The summed E-state index contributed by atoms with van der Waals surface area (Å²) in [5, 5.41) is 11.7. The Morgan fingerprint density at radius 2 is 1.37 bits per heavy atom. The van der Waals surface area contributed by atoms with Crippen molar-refractivity contribution in [2.24, 2.45) is 0 Å². The number of rotatable bonds is 7. The second kappa shape index (κ2) is 15.1. The smallest absolute Gasteiger partial charge is 0.137 e. The van der Waals surface area contributed by atoms with E-state index < -0.39 is 6.85 Å². The van der Waals surface area contributed by atoms with Crippen LogP contribution >= 0.6 is 0 Å². The quantitative estimate of drug-likeness (QED) is 0.160. The lowest BCUT2D eigenvalue weighted by molar-refractivity contribution is 0.483. The van der Waals surface area contributed by atoms with Crippen molar-refractivity contribution in [3.05, 3.63) is 192 Å². The number of benzene rings is 7. The number of aryl methyl sites for hydroxylation is 3. The number of nitrogens with zero attached hydrogens (tertiary/aromatic N) is 5. The first kappa shape index (κ1) is 35.2. The molecule has 10 rings (SSSR count). The van der Waals surface area contributed by atoms with Gasteiger partial charge in [-0.2, -0.15) is 5.26 Å². The molecule has 0 spiro atoms. The van der Waals surface area contributed by atoms with Gasteiger partial charge in [-0.15, -0.1) is 0 Å². The maximum absolute atomic E-state index is 9.82. The minimum atomic E-state index is -2.43. The molecule has 302 valence electrons. The van der Waals surface area contributed by atoms with Gasteiger partial charge in [0.25, 0.3) is 0 Å². The van der Waals surface area contributed by atoms with E-state index >= 15 is 0 Å². The Kier molecular flexibility index (Phi) is 8.58. The Hall–Kier alpha value is -7.62. The largest absolute Gasteiger partial charge is 0.457 e. The minimum Gasteiger partial charge on any atom is -0.457 e. The zero-order chi connectivity index (χ0) is 45.2. The summed E-state index contributed by atoms with van der Waals surface area (Å²) in [6.07, 6.45) is 1.69. The summed E-state index contributed by atoms with van der Waals surface area (Å²) in [5.74, 6) is 1.75. The van der Waals surface area contributed by atoms with Gasteiger partial charge in [0.1, 0.15) is 24.0 Å². The van der Waals surface area contributed by atoms with E-state index in [1.165, 1.54) is 11.1 Å². The van der Waals surface area contributed by atoms with Gasteiger partial charge in [0.15, 0.2) is 0 Å². The van der Waals surface area contributed by atoms with Gasteiger partial charge in [-0.05, 0) is 138 Å². The Bertz CT molecular complexity index is 3340. The van der Waals surface area contributed by atoms with Crippen LogP contribution in [0.15, 0.2) is 164 Å². The van der Waals surface area contributed by atoms with Crippen LogP contribution in [-0.2, 0) is 5.41 Å². The molecule has 1 aliphatic rings. The van der Waals surface area contributed by atoms with Crippen molar-refractivity contribution >= 4 is 44.6 Å². The van der Waals surface area contributed by atoms with Crippen LogP contribution < -0.4 is 14.5 Å². The van der Waals surface area contributed by atoms with Crippen LogP contribution in [0.3, 0.4) is 0 Å². The number of ether oxygens (including phenoxy) is 1. The van der Waals surface area contributed by atoms with Crippen molar-refractivity contribution in [1.82, 2.24) is 9.55 Å². The molecule has 0 N–H and O–H groups in total. The number of pyridine rings is 1. The number of anilines is 4. The molecule has 3 heterocycles. The fourth-order valence-electron chi connectivity index (χ4n) is 8.91. The van der Waals surface area contributed by atoms with Crippen LogP contribution in [-0.4, -0.2) is 16.2 Å². The third-order valence-corrected chi connectivity index (χ3v) is 11.9. The van der Waals surface area contributed by atoms with E-state index in [-0.39, 0.29) is 11.0 Å². The molecule has 6 nitrogen and oxygen atoms in total. The number of aromatic nitrogens is 2. The van der Waals surface area contributed by atoms with Crippen LogP contribution in [0, 0.1) is 32.0 Å². The Morgan fingerprint density at radius 1 is 0.645 bits per heavy atom. The molecule has 0 fully saturated rings. The van der Waals surface area contributed by atoms with Gasteiger partial charge in [-0.1, -0.05) is 93.6 Å². The molecule has 0 saturated heterocycles.